The Morgan fingerprint density at radius 2 is 1.96 bits per heavy atom. The van der Waals surface area contributed by atoms with Crippen LogP contribution in [0.5, 0.6) is 0 Å². The monoisotopic (exact) mass is 315 g/mol. The van der Waals surface area contributed by atoms with Gasteiger partial charge >= 0.3 is 5.97 Å². The van der Waals surface area contributed by atoms with Crippen LogP contribution in [-0.4, -0.2) is 20.9 Å². The molecule has 0 aliphatic rings. The molecular weight excluding hydrogens is 294 g/mol. The first-order chi connectivity index (χ1) is 11.0. The molecule has 2 aromatic rings. The Balaban J connectivity index is 1.96. The SMILES string of the molecule is CC(C)CCC(=O)OCc1nc(N)nc(Nc2ccccc2)n1. The number of rotatable bonds is 7. The predicted octanol–water partition coefficient (Wildman–Crippen LogP) is 2.68. The first kappa shape index (κ1) is 16.7. The number of nitrogens with two attached hydrogens (primary N) is 1. The molecular formula is C16H21N5O2. The highest BCUT2D eigenvalue weighted by Crippen LogP contribution is 2.13. The van der Waals surface area contributed by atoms with Gasteiger partial charge in [-0.25, -0.2) is 0 Å². The maximum atomic E-state index is 11.6. The maximum absolute atomic E-state index is 11.6. The molecule has 0 spiro atoms. The molecule has 1 heterocycles. The second kappa shape index (κ2) is 8.07. The standard InChI is InChI=1S/C16H21N5O2/c1-11(2)8-9-14(22)23-10-13-19-15(17)21-16(20-13)18-12-6-4-3-5-7-12/h3-7,11H,8-10H2,1-2H3,(H3,17,18,19,20,21). The lowest BCUT2D eigenvalue weighted by Crippen LogP contribution is -2.11. The summed E-state index contributed by atoms with van der Waals surface area (Å²) in [6.45, 7) is 4.09. The van der Waals surface area contributed by atoms with Gasteiger partial charge in [0.05, 0.1) is 0 Å². The summed E-state index contributed by atoms with van der Waals surface area (Å²) in [7, 11) is 0. The second-order valence-electron chi connectivity index (χ2n) is 5.52. The van der Waals surface area contributed by atoms with E-state index in [-0.39, 0.29) is 18.5 Å². The number of carbonyl (C=O) groups excluding carboxylic acids is 1. The van der Waals surface area contributed by atoms with Gasteiger partial charge in [0, 0.05) is 12.1 Å². The fourth-order valence-corrected chi connectivity index (χ4v) is 1.83. The lowest BCUT2D eigenvalue weighted by Gasteiger charge is -2.08. The minimum absolute atomic E-state index is 0.0207. The van der Waals surface area contributed by atoms with Crippen molar-refractivity contribution in [2.24, 2.45) is 5.92 Å². The van der Waals surface area contributed by atoms with Crippen LogP contribution in [0.25, 0.3) is 0 Å². The molecule has 1 aromatic heterocycles. The van der Waals surface area contributed by atoms with Crippen molar-refractivity contribution in [1.82, 2.24) is 15.0 Å². The number of esters is 1. The van der Waals surface area contributed by atoms with Gasteiger partial charge in [-0.1, -0.05) is 32.0 Å². The number of nitrogens with zero attached hydrogens (tertiary/aromatic N) is 3. The number of benzene rings is 1. The van der Waals surface area contributed by atoms with E-state index in [1.165, 1.54) is 0 Å². The first-order valence-electron chi connectivity index (χ1n) is 7.51. The summed E-state index contributed by atoms with van der Waals surface area (Å²) in [5.74, 6) is 0.893. The summed E-state index contributed by atoms with van der Waals surface area (Å²) in [5, 5.41) is 3.03. The van der Waals surface area contributed by atoms with E-state index in [1.54, 1.807) is 0 Å². The molecule has 7 heteroatoms. The van der Waals surface area contributed by atoms with Gasteiger partial charge in [0.1, 0.15) is 0 Å². The van der Waals surface area contributed by atoms with E-state index in [4.69, 9.17) is 10.5 Å². The smallest absolute Gasteiger partial charge is 0.306 e. The Morgan fingerprint density at radius 3 is 2.65 bits per heavy atom. The second-order valence-corrected chi connectivity index (χ2v) is 5.52. The lowest BCUT2D eigenvalue weighted by molar-refractivity contribution is -0.145. The van der Waals surface area contributed by atoms with Gasteiger partial charge in [0.25, 0.3) is 0 Å². The van der Waals surface area contributed by atoms with Crippen molar-refractivity contribution in [1.29, 1.82) is 0 Å². The normalized spacial score (nSPS) is 10.6. The van der Waals surface area contributed by atoms with Crippen LogP contribution < -0.4 is 11.1 Å². The minimum atomic E-state index is -0.268. The Kier molecular flexibility index (Phi) is 5.85. The number of nitrogens with one attached hydrogen (secondary N) is 1. The van der Waals surface area contributed by atoms with Crippen molar-refractivity contribution in [3.8, 4) is 0 Å². The molecule has 23 heavy (non-hydrogen) atoms. The van der Waals surface area contributed by atoms with Crippen LogP contribution in [-0.2, 0) is 16.1 Å². The van der Waals surface area contributed by atoms with E-state index in [0.29, 0.717) is 24.1 Å². The third-order valence-electron chi connectivity index (χ3n) is 3.02. The van der Waals surface area contributed by atoms with E-state index >= 15 is 0 Å². The van der Waals surface area contributed by atoms with Crippen molar-refractivity contribution in [3.63, 3.8) is 0 Å². The van der Waals surface area contributed by atoms with Crippen LogP contribution in [0.2, 0.25) is 0 Å². The van der Waals surface area contributed by atoms with E-state index < -0.39 is 0 Å². The summed E-state index contributed by atoms with van der Waals surface area (Å²) in [6, 6.07) is 9.46. The minimum Gasteiger partial charge on any atom is -0.457 e. The number of nitrogen functional groups attached to an aromatic ring is 1. The van der Waals surface area contributed by atoms with Crippen LogP contribution in [0, 0.1) is 5.92 Å². The van der Waals surface area contributed by atoms with Crippen LogP contribution >= 0.6 is 0 Å². The third-order valence-corrected chi connectivity index (χ3v) is 3.02. The van der Waals surface area contributed by atoms with Crippen molar-refractivity contribution in [2.75, 3.05) is 11.1 Å². The van der Waals surface area contributed by atoms with Crippen LogP contribution in [0.3, 0.4) is 0 Å². The molecule has 0 amide bonds. The van der Waals surface area contributed by atoms with Crippen molar-refractivity contribution >= 4 is 23.6 Å². The molecule has 0 aliphatic carbocycles. The van der Waals surface area contributed by atoms with Gasteiger partial charge in [-0.3, -0.25) is 4.79 Å². The Morgan fingerprint density at radius 1 is 1.22 bits per heavy atom. The van der Waals surface area contributed by atoms with E-state index in [1.807, 2.05) is 30.3 Å². The van der Waals surface area contributed by atoms with Crippen molar-refractivity contribution in [3.05, 3.63) is 36.2 Å². The molecule has 0 radical (unpaired) electrons. The number of para-hydroxylation sites is 1. The summed E-state index contributed by atoms with van der Waals surface area (Å²) in [4.78, 5) is 23.8. The number of anilines is 3. The van der Waals surface area contributed by atoms with E-state index in [9.17, 15) is 4.79 Å². The highest BCUT2D eigenvalue weighted by Gasteiger charge is 2.09. The predicted molar refractivity (Wildman–Crippen MR) is 87.8 cm³/mol. The molecule has 2 rings (SSSR count). The van der Waals surface area contributed by atoms with E-state index in [2.05, 4.69) is 34.1 Å². The summed E-state index contributed by atoms with van der Waals surface area (Å²) < 4.78 is 5.16. The molecule has 1 aromatic carbocycles. The highest BCUT2D eigenvalue weighted by atomic mass is 16.5. The molecule has 0 saturated carbocycles. The zero-order valence-electron chi connectivity index (χ0n) is 13.3. The average Bonchev–Trinajstić information content (AvgIpc) is 2.51. The van der Waals surface area contributed by atoms with Crippen molar-refractivity contribution < 1.29 is 9.53 Å². The summed E-state index contributed by atoms with van der Waals surface area (Å²) in [5.41, 5.74) is 6.51. The quantitative estimate of drug-likeness (QED) is 0.757. The van der Waals surface area contributed by atoms with Gasteiger partial charge in [-0.2, -0.15) is 15.0 Å². The molecule has 0 unspecified atom stereocenters. The number of hydrogen-bond donors (Lipinski definition) is 2. The molecule has 0 atom stereocenters. The Labute approximate surface area is 135 Å². The first-order valence-corrected chi connectivity index (χ1v) is 7.51. The molecule has 7 nitrogen and oxygen atoms in total. The van der Waals surface area contributed by atoms with Gasteiger partial charge in [-0.05, 0) is 24.5 Å². The number of aromatic nitrogens is 3. The Bertz CT molecular complexity index is 646. The number of ether oxygens (including phenoxy) is 1. The van der Waals surface area contributed by atoms with Crippen LogP contribution in [0.15, 0.2) is 30.3 Å². The molecule has 122 valence electrons. The van der Waals surface area contributed by atoms with Gasteiger partial charge in [0.2, 0.25) is 11.9 Å². The van der Waals surface area contributed by atoms with Gasteiger partial charge in [0.15, 0.2) is 12.4 Å². The topological polar surface area (TPSA) is 103 Å². The molecule has 0 aliphatic heterocycles. The number of carbonyl (C=O) groups is 1. The average molecular weight is 315 g/mol. The molecule has 0 bridgehead atoms. The van der Waals surface area contributed by atoms with Gasteiger partial charge < -0.3 is 15.8 Å². The Hall–Kier alpha value is -2.70. The zero-order chi connectivity index (χ0) is 16.7. The molecule has 3 N–H and O–H groups in total. The summed E-state index contributed by atoms with van der Waals surface area (Å²) >= 11 is 0. The highest BCUT2D eigenvalue weighted by molar-refractivity contribution is 5.69. The third kappa shape index (κ3) is 5.90. The van der Waals surface area contributed by atoms with Crippen LogP contribution in [0.1, 0.15) is 32.5 Å². The molecule has 0 saturated heterocycles. The van der Waals surface area contributed by atoms with Crippen molar-refractivity contribution in [2.45, 2.75) is 33.3 Å². The fourth-order valence-electron chi connectivity index (χ4n) is 1.83. The van der Waals surface area contributed by atoms with Crippen LogP contribution in [0.4, 0.5) is 17.6 Å². The van der Waals surface area contributed by atoms with E-state index in [0.717, 1.165) is 12.1 Å². The zero-order valence-corrected chi connectivity index (χ0v) is 13.3. The molecule has 0 fully saturated rings. The summed E-state index contributed by atoms with van der Waals surface area (Å²) in [6.07, 6.45) is 1.17. The lowest BCUT2D eigenvalue weighted by atomic mass is 10.1. The largest absolute Gasteiger partial charge is 0.457 e. The fraction of sp³-hybridized carbons (Fsp3) is 0.375. The number of hydrogen-bond acceptors (Lipinski definition) is 7. The maximum Gasteiger partial charge on any atom is 0.306 e. The van der Waals surface area contributed by atoms with Gasteiger partial charge in [-0.15, -0.1) is 0 Å².